The summed E-state index contributed by atoms with van der Waals surface area (Å²) in [6.07, 6.45) is 0.181. The van der Waals surface area contributed by atoms with Crippen LogP contribution < -0.4 is 26.6 Å². The molecule has 2 aliphatic heterocycles. The monoisotopic (exact) mass is 692 g/mol. The Morgan fingerprint density at radius 2 is 1.63 bits per heavy atom. The van der Waals surface area contributed by atoms with E-state index in [2.05, 4.69) is 26.6 Å². The molecule has 2 saturated heterocycles. The van der Waals surface area contributed by atoms with Crippen molar-refractivity contribution < 1.29 is 42.3 Å². The van der Waals surface area contributed by atoms with E-state index < -0.39 is 72.4 Å². The summed E-state index contributed by atoms with van der Waals surface area (Å²) in [4.78, 5) is 80.1. The van der Waals surface area contributed by atoms with Crippen LogP contribution in [0.25, 0.3) is 0 Å². The SMILES string of the molecule is CCCCNC(=O)C(=O)C(C[C@@H]1CCNC1=O)NC(=O)C(CC(C)C)NC(=O)C(CN1CCC(F)(F)CC1)NC(=O)OCc1ccccc1. The molecule has 0 spiro atoms. The Labute approximate surface area is 286 Å². The second kappa shape index (κ2) is 19.2. The number of benzene rings is 1. The summed E-state index contributed by atoms with van der Waals surface area (Å²) in [5.74, 6) is -7.11. The van der Waals surface area contributed by atoms with E-state index in [0.717, 1.165) is 6.42 Å². The third-order valence-electron chi connectivity index (χ3n) is 8.55. The van der Waals surface area contributed by atoms with Gasteiger partial charge in [-0.2, -0.15) is 0 Å². The number of alkyl carbamates (subject to hydrolysis) is 1. The third kappa shape index (κ3) is 13.4. The standard InChI is InChI=1S/C34H50F2N6O7/c1-4-5-14-37-32(47)28(43)25(19-24-11-15-38-29(24)44)39-30(45)26(18-22(2)3)40-31(46)27(20-42-16-12-34(35,36)13-17-42)41-33(48)49-21-23-9-7-6-8-10-23/h6-10,22,24-27H,4-5,11-21H2,1-3H3,(H,37,47)(H,38,44)(H,39,45)(H,40,46)(H,41,48)/t24-,25?,26?,27?/m0/s1. The molecular formula is C34H50F2N6O7. The molecule has 3 rings (SSSR count). The molecule has 272 valence electrons. The number of hydrogen-bond donors (Lipinski definition) is 5. The highest BCUT2D eigenvalue weighted by atomic mass is 19.3. The Morgan fingerprint density at radius 3 is 2.24 bits per heavy atom. The molecule has 13 nitrogen and oxygen atoms in total. The van der Waals surface area contributed by atoms with Gasteiger partial charge in [-0.1, -0.05) is 57.5 Å². The van der Waals surface area contributed by atoms with Crippen molar-refractivity contribution in [2.45, 2.75) is 96.4 Å². The predicted molar refractivity (Wildman–Crippen MR) is 176 cm³/mol. The third-order valence-corrected chi connectivity index (χ3v) is 8.55. The Kier molecular flexibility index (Phi) is 15.4. The van der Waals surface area contributed by atoms with Crippen LogP contribution in [0.4, 0.5) is 13.6 Å². The van der Waals surface area contributed by atoms with E-state index in [1.165, 1.54) is 0 Å². The van der Waals surface area contributed by atoms with Gasteiger partial charge in [-0.3, -0.25) is 24.0 Å². The topological polar surface area (TPSA) is 175 Å². The predicted octanol–water partition coefficient (Wildman–Crippen LogP) is 2.04. The van der Waals surface area contributed by atoms with E-state index in [9.17, 15) is 37.5 Å². The molecule has 3 unspecified atom stereocenters. The van der Waals surface area contributed by atoms with E-state index in [1.54, 1.807) is 29.2 Å². The molecular weight excluding hydrogens is 642 g/mol. The number of Topliss-reactive ketones (excluding diaryl/α,β-unsaturated/α-hetero) is 1. The lowest BCUT2D eigenvalue weighted by Crippen LogP contribution is -2.59. The van der Waals surface area contributed by atoms with Crippen LogP contribution in [0.1, 0.15) is 71.3 Å². The van der Waals surface area contributed by atoms with Crippen LogP contribution in [0.5, 0.6) is 0 Å². The minimum atomic E-state index is -2.82. The van der Waals surface area contributed by atoms with Gasteiger partial charge in [-0.05, 0) is 37.2 Å². The van der Waals surface area contributed by atoms with Gasteiger partial charge in [0.1, 0.15) is 18.7 Å². The maximum absolute atomic E-state index is 13.9. The average molecular weight is 693 g/mol. The number of alkyl halides is 2. The Balaban J connectivity index is 1.76. The molecule has 2 aliphatic rings. The summed E-state index contributed by atoms with van der Waals surface area (Å²) in [7, 11) is 0. The number of unbranched alkanes of at least 4 members (excludes halogenated alkanes) is 1. The van der Waals surface area contributed by atoms with Gasteiger partial charge < -0.3 is 36.2 Å². The lowest BCUT2D eigenvalue weighted by molar-refractivity contribution is -0.141. The maximum Gasteiger partial charge on any atom is 0.408 e. The Bertz CT molecular complexity index is 1290. The van der Waals surface area contributed by atoms with Crippen LogP contribution in [-0.2, 0) is 35.3 Å². The first-order chi connectivity index (χ1) is 23.3. The van der Waals surface area contributed by atoms with Crippen molar-refractivity contribution in [2.75, 3.05) is 32.7 Å². The van der Waals surface area contributed by atoms with Crippen LogP contribution in [0, 0.1) is 11.8 Å². The van der Waals surface area contributed by atoms with Crippen molar-refractivity contribution in [1.82, 2.24) is 31.5 Å². The number of ether oxygens (including phenoxy) is 1. The number of hydrogen-bond acceptors (Lipinski definition) is 8. The Hall–Kier alpha value is -4.14. The zero-order valence-corrected chi connectivity index (χ0v) is 28.5. The molecule has 49 heavy (non-hydrogen) atoms. The van der Waals surface area contributed by atoms with Crippen molar-refractivity contribution in [3.63, 3.8) is 0 Å². The highest BCUT2D eigenvalue weighted by Gasteiger charge is 2.38. The van der Waals surface area contributed by atoms with Gasteiger partial charge in [0.15, 0.2) is 0 Å². The number of nitrogens with zero attached hydrogens (tertiary/aromatic N) is 1. The number of halogens is 2. The number of piperidine rings is 1. The fraction of sp³-hybridized carbons (Fsp3) is 0.647. The molecule has 15 heteroatoms. The Morgan fingerprint density at radius 1 is 0.980 bits per heavy atom. The normalized spacial score (nSPS) is 19.2. The zero-order chi connectivity index (χ0) is 36.0. The molecule has 0 aliphatic carbocycles. The second-order valence-corrected chi connectivity index (χ2v) is 13.2. The number of likely N-dealkylation sites (tertiary alicyclic amines) is 1. The molecule has 5 N–H and O–H groups in total. The zero-order valence-electron chi connectivity index (χ0n) is 28.5. The molecule has 2 heterocycles. The van der Waals surface area contributed by atoms with Gasteiger partial charge in [-0.15, -0.1) is 0 Å². The van der Waals surface area contributed by atoms with Gasteiger partial charge in [0.05, 0.1) is 6.04 Å². The quantitative estimate of drug-likeness (QED) is 0.115. The number of carbonyl (C=O) groups is 6. The lowest BCUT2D eigenvalue weighted by atomic mass is 9.94. The number of rotatable bonds is 18. The number of carbonyl (C=O) groups excluding carboxylic acids is 6. The summed E-state index contributed by atoms with van der Waals surface area (Å²) in [6.45, 7) is 6.05. The molecule has 0 bridgehead atoms. The van der Waals surface area contributed by atoms with Crippen molar-refractivity contribution in [2.24, 2.45) is 11.8 Å². The fourth-order valence-electron chi connectivity index (χ4n) is 5.68. The summed E-state index contributed by atoms with van der Waals surface area (Å²) in [5, 5.41) is 13.0. The first kappa shape index (κ1) is 39.3. The van der Waals surface area contributed by atoms with Crippen molar-refractivity contribution in [3.8, 4) is 0 Å². The molecule has 5 amide bonds. The van der Waals surface area contributed by atoms with E-state index >= 15 is 0 Å². The van der Waals surface area contributed by atoms with Crippen LogP contribution in [0.3, 0.4) is 0 Å². The van der Waals surface area contributed by atoms with E-state index in [1.807, 2.05) is 26.8 Å². The second-order valence-electron chi connectivity index (χ2n) is 13.2. The van der Waals surface area contributed by atoms with Crippen LogP contribution in [-0.4, -0.2) is 97.2 Å². The van der Waals surface area contributed by atoms with Crippen molar-refractivity contribution in [3.05, 3.63) is 35.9 Å². The van der Waals surface area contributed by atoms with Crippen molar-refractivity contribution in [1.29, 1.82) is 0 Å². The molecule has 0 saturated carbocycles. The molecule has 0 radical (unpaired) electrons. The molecule has 0 aromatic heterocycles. The van der Waals surface area contributed by atoms with E-state index in [-0.39, 0.29) is 57.5 Å². The number of nitrogens with one attached hydrogen (secondary N) is 5. The lowest BCUT2D eigenvalue weighted by Gasteiger charge is -2.34. The minimum absolute atomic E-state index is 0.00765. The van der Waals surface area contributed by atoms with Gasteiger partial charge in [0.25, 0.3) is 11.8 Å². The summed E-state index contributed by atoms with van der Waals surface area (Å²) in [5.41, 5.74) is 0.712. The largest absolute Gasteiger partial charge is 0.445 e. The van der Waals surface area contributed by atoms with Gasteiger partial charge >= 0.3 is 6.09 Å². The summed E-state index contributed by atoms with van der Waals surface area (Å²) in [6, 6.07) is 5.07. The van der Waals surface area contributed by atoms with Crippen LogP contribution in [0.2, 0.25) is 0 Å². The van der Waals surface area contributed by atoms with Gasteiger partial charge in [0.2, 0.25) is 23.5 Å². The molecule has 1 aromatic carbocycles. The van der Waals surface area contributed by atoms with E-state index in [4.69, 9.17) is 4.74 Å². The van der Waals surface area contributed by atoms with Crippen LogP contribution in [0.15, 0.2) is 30.3 Å². The fourth-order valence-corrected chi connectivity index (χ4v) is 5.68. The average Bonchev–Trinajstić information content (AvgIpc) is 3.47. The highest BCUT2D eigenvalue weighted by molar-refractivity contribution is 6.38. The number of ketones is 1. The first-order valence-corrected chi connectivity index (χ1v) is 17.1. The first-order valence-electron chi connectivity index (χ1n) is 17.1. The smallest absolute Gasteiger partial charge is 0.408 e. The van der Waals surface area contributed by atoms with Crippen LogP contribution >= 0.6 is 0 Å². The summed E-state index contributed by atoms with van der Waals surface area (Å²) < 4.78 is 33.0. The number of amides is 5. The minimum Gasteiger partial charge on any atom is -0.445 e. The van der Waals surface area contributed by atoms with Gasteiger partial charge in [0, 0.05) is 51.5 Å². The molecule has 2 fully saturated rings. The van der Waals surface area contributed by atoms with E-state index in [0.29, 0.717) is 24.9 Å². The summed E-state index contributed by atoms with van der Waals surface area (Å²) >= 11 is 0. The molecule has 4 atom stereocenters. The van der Waals surface area contributed by atoms with Crippen molar-refractivity contribution >= 4 is 35.5 Å². The van der Waals surface area contributed by atoms with Gasteiger partial charge in [-0.25, -0.2) is 13.6 Å². The highest BCUT2D eigenvalue weighted by Crippen LogP contribution is 2.27. The molecule has 1 aromatic rings. The maximum atomic E-state index is 13.9.